The van der Waals surface area contributed by atoms with Gasteiger partial charge in [-0.25, -0.2) is 4.79 Å². The van der Waals surface area contributed by atoms with Crippen LogP contribution in [-0.2, 0) is 47.4 Å². The van der Waals surface area contributed by atoms with Crippen molar-refractivity contribution in [1.82, 2.24) is 4.90 Å². The van der Waals surface area contributed by atoms with Gasteiger partial charge in [-0.3, -0.25) is 4.79 Å². The lowest BCUT2D eigenvalue weighted by molar-refractivity contribution is -0.145. The van der Waals surface area contributed by atoms with Crippen LogP contribution in [0.5, 0.6) is 0 Å². The number of esters is 1. The number of hydrogen-bond acceptors (Lipinski definition) is 11. The van der Waals surface area contributed by atoms with Gasteiger partial charge in [0.2, 0.25) is 0 Å². The zero-order valence-electron chi connectivity index (χ0n) is 25.6. The molecule has 12 heteroatoms. The molecule has 40 heavy (non-hydrogen) atoms. The highest BCUT2D eigenvalue weighted by atomic mass is 16.6. The van der Waals surface area contributed by atoms with Gasteiger partial charge in [0.15, 0.2) is 0 Å². The molecule has 0 fully saturated rings. The van der Waals surface area contributed by atoms with Gasteiger partial charge in [-0.1, -0.05) is 19.8 Å². The maximum atomic E-state index is 11.8. The van der Waals surface area contributed by atoms with E-state index < -0.39 is 5.60 Å². The molecule has 0 aromatic heterocycles. The van der Waals surface area contributed by atoms with Gasteiger partial charge < -0.3 is 47.5 Å². The summed E-state index contributed by atoms with van der Waals surface area (Å²) in [5.41, 5.74) is -0.509. The van der Waals surface area contributed by atoms with Gasteiger partial charge >= 0.3 is 12.1 Å². The average Bonchev–Trinajstić information content (AvgIpc) is 2.90. The van der Waals surface area contributed by atoms with Crippen molar-refractivity contribution in [3.63, 3.8) is 0 Å². The molecule has 0 saturated carbocycles. The van der Waals surface area contributed by atoms with Crippen LogP contribution in [-0.4, -0.2) is 135 Å². The van der Waals surface area contributed by atoms with Crippen LogP contribution in [0.15, 0.2) is 0 Å². The molecule has 0 spiro atoms. The second-order valence-electron chi connectivity index (χ2n) is 9.87. The van der Waals surface area contributed by atoms with Gasteiger partial charge in [-0.2, -0.15) is 0 Å². The number of amides is 1. The molecule has 0 aliphatic rings. The van der Waals surface area contributed by atoms with Crippen molar-refractivity contribution in [3.8, 4) is 0 Å². The van der Waals surface area contributed by atoms with Crippen molar-refractivity contribution in [2.45, 2.75) is 59.0 Å². The summed E-state index contributed by atoms with van der Waals surface area (Å²) in [5, 5.41) is 0. The maximum absolute atomic E-state index is 11.8. The summed E-state index contributed by atoms with van der Waals surface area (Å²) in [6.45, 7) is 14.8. The first-order chi connectivity index (χ1) is 19.3. The van der Waals surface area contributed by atoms with E-state index >= 15 is 0 Å². The third kappa shape index (κ3) is 29.4. The molecule has 0 N–H and O–H groups in total. The Morgan fingerprint density at radius 2 is 0.950 bits per heavy atom. The molecule has 0 aromatic rings. The summed E-state index contributed by atoms with van der Waals surface area (Å²) in [6, 6.07) is 0. The second kappa shape index (κ2) is 27.6. The predicted molar refractivity (Wildman–Crippen MR) is 150 cm³/mol. The molecule has 0 saturated heterocycles. The number of unbranched alkanes of at least 4 members (excludes halogenated alkanes) is 2. The summed E-state index contributed by atoms with van der Waals surface area (Å²) < 4.78 is 48.4. The number of hydrogen-bond donors (Lipinski definition) is 0. The number of rotatable bonds is 28. The molecule has 238 valence electrons. The Bertz CT molecular complexity index is 587. The highest BCUT2D eigenvalue weighted by Gasteiger charge is 2.19. The van der Waals surface area contributed by atoms with E-state index in [1.165, 1.54) is 4.90 Å². The van der Waals surface area contributed by atoms with E-state index in [2.05, 4.69) is 6.92 Å². The quantitative estimate of drug-likeness (QED) is 0.100. The first-order valence-electron chi connectivity index (χ1n) is 14.4. The smallest absolute Gasteiger partial charge is 0.410 e. The molecule has 0 atom stereocenters. The van der Waals surface area contributed by atoms with Crippen molar-refractivity contribution in [3.05, 3.63) is 0 Å². The Balaban J connectivity index is 3.20. The van der Waals surface area contributed by atoms with Gasteiger partial charge in [0, 0.05) is 20.0 Å². The van der Waals surface area contributed by atoms with E-state index in [0.29, 0.717) is 105 Å². The number of ether oxygens (including phenoxy) is 9. The highest BCUT2D eigenvalue weighted by molar-refractivity contribution is 5.69. The molecule has 12 nitrogen and oxygen atoms in total. The van der Waals surface area contributed by atoms with E-state index in [1.54, 1.807) is 7.05 Å². The van der Waals surface area contributed by atoms with Crippen molar-refractivity contribution in [1.29, 1.82) is 0 Å². The molecule has 0 aromatic carbocycles. The molecule has 0 unspecified atom stereocenters. The molecular weight excluding hydrogens is 526 g/mol. The molecular formula is C28H55NO11. The Hall–Kier alpha value is -1.54. The number of carbonyl (C=O) groups is 2. The molecule has 0 radical (unpaired) electrons. The molecule has 0 rings (SSSR count). The third-order valence-corrected chi connectivity index (χ3v) is 4.98. The van der Waals surface area contributed by atoms with Gasteiger partial charge in [0.05, 0.1) is 92.5 Å². The number of nitrogens with zero attached hydrogens (tertiary/aromatic N) is 1. The van der Waals surface area contributed by atoms with Crippen molar-refractivity contribution >= 4 is 12.1 Å². The largest absolute Gasteiger partial charge is 0.463 e. The Labute approximate surface area is 241 Å². The Morgan fingerprint density at radius 1 is 0.575 bits per heavy atom. The summed E-state index contributed by atoms with van der Waals surface area (Å²) in [5.74, 6) is -0.162. The van der Waals surface area contributed by atoms with E-state index in [4.69, 9.17) is 42.6 Å². The molecule has 0 aliphatic carbocycles. The third-order valence-electron chi connectivity index (χ3n) is 4.98. The summed E-state index contributed by atoms with van der Waals surface area (Å²) in [4.78, 5) is 24.7. The zero-order chi connectivity index (χ0) is 29.7. The standard InChI is InChI=1S/C28H55NO11/c1-6-7-8-9-26(30)39-25-24-38-23-22-37-21-20-36-19-18-35-17-16-34-15-14-33-13-12-32-11-10-29(5)27(31)40-28(2,3)4/h6-25H2,1-5H3. The van der Waals surface area contributed by atoms with Crippen LogP contribution in [0.3, 0.4) is 0 Å². The normalized spacial score (nSPS) is 11.5. The number of likely N-dealkylation sites (N-methyl/N-ethyl adjacent to an activating group) is 1. The fourth-order valence-corrected chi connectivity index (χ4v) is 2.86. The van der Waals surface area contributed by atoms with Crippen LogP contribution in [0.1, 0.15) is 53.4 Å². The summed E-state index contributed by atoms with van der Waals surface area (Å²) >= 11 is 0. The minimum Gasteiger partial charge on any atom is -0.463 e. The lowest BCUT2D eigenvalue weighted by atomic mass is 10.2. The van der Waals surface area contributed by atoms with E-state index in [-0.39, 0.29) is 18.7 Å². The van der Waals surface area contributed by atoms with Gasteiger partial charge in [0.25, 0.3) is 0 Å². The lowest BCUT2D eigenvalue weighted by Crippen LogP contribution is -2.36. The monoisotopic (exact) mass is 581 g/mol. The van der Waals surface area contributed by atoms with E-state index in [9.17, 15) is 9.59 Å². The van der Waals surface area contributed by atoms with Crippen LogP contribution >= 0.6 is 0 Å². The summed E-state index contributed by atoms with van der Waals surface area (Å²) in [7, 11) is 1.68. The maximum Gasteiger partial charge on any atom is 0.410 e. The highest BCUT2D eigenvalue weighted by Crippen LogP contribution is 2.08. The van der Waals surface area contributed by atoms with Crippen LogP contribution in [0.4, 0.5) is 4.79 Å². The fourth-order valence-electron chi connectivity index (χ4n) is 2.86. The summed E-state index contributed by atoms with van der Waals surface area (Å²) in [6.07, 6.45) is 3.12. The van der Waals surface area contributed by atoms with Gasteiger partial charge in [-0.15, -0.1) is 0 Å². The van der Waals surface area contributed by atoms with Crippen LogP contribution < -0.4 is 0 Å². The first kappa shape index (κ1) is 38.5. The van der Waals surface area contributed by atoms with E-state index in [0.717, 1.165) is 19.3 Å². The fraction of sp³-hybridized carbons (Fsp3) is 0.929. The van der Waals surface area contributed by atoms with Crippen LogP contribution in [0.2, 0.25) is 0 Å². The second-order valence-corrected chi connectivity index (χ2v) is 9.87. The van der Waals surface area contributed by atoms with Crippen molar-refractivity contribution in [2.75, 3.05) is 113 Å². The van der Waals surface area contributed by atoms with Crippen molar-refractivity contribution in [2.24, 2.45) is 0 Å². The van der Waals surface area contributed by atoms with Gasteiger partial charge in [0.1, 0.15) is 12.2 Å². The average molecular weight is 582 g/mol. The SMILES string of the molecule is CCCCCC(=O)OCCOCCOCCOCCOCCOCCOCCOCCN(C)C(=O)OC(C)(C)C. The predicted octanol–water partition coefficient (Wildman–Crippen LogP) is 3.09. The zero-order valence-corrected chi connectivity index (χ0v) is 25.6. The minimum absolute atomic E-state index is 0.162. The molecule has 0 heterocycles. The topological polar surface area (TPSA) is 120 Å². The molecule has 0 bridgehead atoms. The lowest BCUT2D eigenvalue weighted by Gasteiger charge is -2.24. The van der Waals surface area contributed by atoms with Crippen molar-refractivity contribution < 1.29 is 52.2 Å². The van der Waals surface area contributed by atoms with Crippen LogP contribution in [0, 0.1) is 0 Å². The molecule has 1 amide bonds. The Morgan fingerprint density at radius 3 is 1.32 bits per heavy atom. The Kier molecular flexibility index (Phi) is 26.6. The van der Waals surface area contributed by atoms with Gasteiger partial charge in [-0.05, 0) is 27.2 Å². The van der Waals surface area contributed by atoms with Crippen LogP contribution in [0.25, 0.3) is 0 Å². The number of carbonyl (C=O) groups excluding carboxylic acids is 2. The molecule has 0 aliphatic heterocycles. The first-order valence-corrected chi connectivity index (χ1v) is 14.4. The minimum atomic E-state index is -0.509. The van der Waals surface area contributed by atoms with E-state index in [1.807, 2.05) is 20.8 Å².